The molecular weight excluding hydrogens is 292 g/mol. The second-order valence-corrected chi connectivity index (χ2v) is 6.97. The first kappa shape index (κ1) is 15.9. The Balaban J connectivity index is 2.12. The lowest BCUT2D eigenvalue weighted by molar-refractivity contribution is -0.128. The summed E-state index contributed by atoms with van der Waals surface area (Å²) in [6.07, 6.45) is 0. The molecule has 1 aromatic carbocycles. The van der Waals surface area contributed by atoms with Crippen molar-refractivity contribution in [2.75, 3.05) is 33.4 Å². The van der Waals surface area contributed by atoms with Crippen LogP contribution in [0.4, 0.5) is 0 Å². The molecule has 1 heterocycles. The molecule has 0 N–H and O–H groups in total. The molecule has 7 heteroatoms. The van der Waals surface area contributed by atoms with Crippen molar-refractivity contribution in [2.45, 2.75) is 18.4 Å². The SMILES string of the molecule is CC(=O)N(C)Cc1ccc(S(=O)(=O)N2CCOCC2)cc1. The highest BCUT2D eigenvalue weighted by atomic mass is 32.2. The molecule has 0 saturated carbocycles. The first-order valence-corrected chi connectivity index (χ1v) is 8.24. The number of morpholine rings is 1. The lowest BCUT2D eigenvalue weighted by Crippen LogP contribution is -2.40. The molecule has 1 saturated heterocycles. The van der Waals surface area contributed by atoms with Crippen LogP contribution in [0.25, 0.3) is 0 Å². The van der Waals surface area contributed by atoms with Gasteiger partial charge in [0.25, 0.3) is 0 Å². The standard InChI is InChI=1S/C14H20N2O4S/c1-12(17)15(2)11-13-3-5-14(6-4-13)21(18,19)16-7-9-20-10-8-16/h3-6H,7-11H2,1-2H3. The van der Waals surface area contributed by atoms with Crippen molar-refractivity contribution in [3.05, 3.63) is 29.8 Å². The molecule has 1 aromatic rings. The number of hydrogen-bond acceptors (Lipinski definition) is 4. The average molecular weight is 312 g/mol. The lowest BCUT2D eigenvalue weighted by Gasteiger charge is -2.26. The van der Waals surface area contributed by atoms with Gasteiger partial charge in [0, 0.05) is 33.6 Å². The van der Waals surface area contributed by atoms with Crippen molar-refractivity contribution in [3.8, 4) is 0 Å². The van der Waals surface area contributed by atoms with E-state index in [1.54, 1.807) is 36.2 Å². The first-order valence-electron chi connectivity index (χ1n) is 6.80. The number of carbonyl (C=O) groups excluding carboxylic acids is 1. The molecule has 1 amide bonds. The fraction of sp³-hybridized carbons (Fsp3) is 0.500. The van der Waals surface area contributed by atoms with Crippen LogP contribution in [-0.2, 0) is 26.1 Å². The van der Waals surface area contributed by atoms with Gasteiger partial charge in [-0.05, 0) is 17.7 Å². The fourth-order valence-electron chi connectivity index (χ4n) is 2.09. The number of amides is 1. The van der Waals surface area contributed by atoms with Gasteiger partial charge in [-0.2, -0.15) is 4.31 Å². The summed E-state index contributed by atoms with van der Waals surface area (Å²) in [5, 5.41) is 0. The van der Waals surface area contributed by atoms with Crippen LogP contribution in [0, 0.1) is 0 Å². The van der Waals surface area contributed by atoms with Crippen molar-refractivity contribution in [2.24, 2.45) is 0 Å². The van der Waals surface area contributed by atoms with Gasteiger partial charge < -0.3 is 9.64 Å². The van der Waals surface area contributed by atoms with Gasteiger partial charge in [0.2, 0.25) is 15.9 Å². The zero-order valence-corrected chi connectivity index (χ0v) is 13.1. The molecule has 116 valence electrons. The van der Waals surface area contributed by atoms with E-state index in [4.69, 9.17) is 4.74 Å². The van der Waals surface area contributed by atoms with Crippen molar-refractivity contribution < 1.29 is 17.9 Å². The minimum atomic E-state index is -3.45. The highest BCUT2D eigenvalue weighted by Crippen LogP contribution is 2.18. The zero-order valence-electron chi connectivity index (χ0n) is 12.3. The summed E-state index contributed by atoms with van der Waals surface area (Å²) in [6, 6.07) is 6.67. The molecule has 0 spiro atoms. The maximum absolute atomic E-state index is 12.4. The maximum Gasteiger partial charge on any atom is 0.243 e. The van der Waals surface area contributed by atoms with Crippen LogP contribution in [0.3, 0.4) is 0 Å². The van der Waals surface area contributed by atoms with E-state index in [9.17, 15) is 13.2 Å². The number of sulfonamides is 1. The fourth-order valence-corrected chi connectivity index (χ4v) is 3.50. The highest BCUT2D eigenvalue weighted by molar-refractivity contribution is 7.89. The second kappa shape index (κ2) is 6.55. The lowest BCUT2D eigenvalue weighted by atomic mass is 10.2. The van der Waals surface area contributed by atoms with Gasteiger partial charge in [0.1, 0.15) is 0 Å². The number of benzene rings is 1. The molecule has 0 atom stereocenters. The van der Waals surface area contributed by atoms with Crippen molar-refractivity contribution in [1.29, 1.82) is 0 Å². The van der Waals surface area contributed by atoms with E-state index >= 15 is 0 Å². The Bertz CT molecular complexity index is 592. The molecule has 1 aliphatic heterocycles. The number of hydrogen-bond donors (Lipinski definition) is 0. The zero-order chi connectivity index (χ0) is 15.5. The molecule has 6 nitrogen and oxygen atoms in total. The Labute approximate surface area is 125 Å². The molecule has 0 bridgehead atoms. The Hall–Kier alpha value is -1.44. The highest BCUT2D eigenvalue weighted by Gasteiger charge is 2.26. The summed E-state index contributed by atoms with van der Waals surface area (Å²) in [5.41, 5.74) is 0.897. The van der Waals surface area contributed by atoms with Crippen molar-refractivity contribution in [3.63, 3.8) is 0 Å². The van der Waals surface area contributed by atoms with Crippen molar-refractivity contribution >= 4 is 15.9 Å². The van der Waals surface area contributed by atoms with Gasteiger partial charge in [0.05, 0.1) is 18.1 Å². The van der Waals surface area contributed by atoms with E-state index in [2.05, 4.69) is 0 Å². The van der Waals surface area contributed by atoms with Gasteiger partial charge >= 0.3 is 0 Å². The monoisotopic (exact) mass is 312 g/mol. The van der Waals surface area contributed by atoms with Crippen LogP contribution < -0.4 is 0 Å². The molecule has 1 fully saturated rings. The molecule has 21 heavy (non-hydrogen) atoms. The van der Waals surface area contributed by atoms with Gasteiger partial charge in [-0.15, -0.1) is 0 Å². The predicted molar refractivity (Wildman–Crippen MR) is 78.2 cm³/mol. The maximum atomic E-state index is 12.4. The predicted octanol–water partition coefficient (Wildman–Crippen LogP) is 0.686. The second-order valence-electron chi connectivity index (χ2n) is 5.04. The van der Waals surface area contributed by atoms with Crippen LogP contribution in [0.5, 0.6) is 0 Å². The third-order valence-electron chi connectivity index (χ3n) is 3.49. The van der Waals surface area contributed by atoms with Crippen LogP contribution in [0.2, 0.25) is 0 Å². The smallest absolute Gasteiger partial charge is 0.243 e. The molecule has 0 aliphatic carbocycles. The number of nitrogens with zero attached hydrogens (tertiary/aromatic N) is 2. The van der Waals surface area contributed by atoms with Crippen LogP contribution in [-0.4, -0.2) is 56.9 Å². The molecule has 0 aromatic heterocycles. The number of rotatable bonds is 4. The first-order chi connectivity index (χ1) is 9.91. The van der Waals surface area contributed by atoms with E-state index in [1.807, 2.05) is 0 Å². The van der Waals surface area contributed by atoms with E-state index in [0.29, 0.717) is 32.8 Å². The number of ether oxygens (including phenoxy) is 1. The van der Waals surface area contributed by atoms with Gasteiger partial charge in [0.15, 0.2) is 0 Å². The van der Waals surface area contributed by atoms with Crippen LogP contribution in [0.1, 0.15) is 12.5 Å². The Morgan fingerprint density at radius 2 is 1.81 bits per heavy atom. The summed E-state index contributed by atoms with van der Waals surface area (Å²) < 4.78 is 31.5. The normalized spacial score (nSPS) is 16.7. The average Bonchev–Trinajstić information content (AvgIpc) is 2.48. The molecule has 2 rings (SSSR count). The van der Waals surface area contributed by atoms with Crippen molar-refractivity contribution in [1.82, 2.24) is 9.21 Å². The van der Waals surface area contributed by atoms with Gasteiger partial charge in [-0.3, -0.25) is 4.79 Å². The summed E-state index contributed by atoms with van der Waals surface area (Å²) in [5.74, 6) is -0.0278. The largest absolute Gasteiger partial charge is 0.379 e. The molecule has 1 aliphatic rings. The molecule has 0 unspecified atom stereocenters. The number of carbonyl (C=O) groups is 1. The third-order valence-corrected chi connectivity index (χ3v) is 5.40. The van der Waals surface area contributed by atoms with Gasteiger partial charge in [-0.25, -0.2) is 8.42 Å². The van der Waals surface area contributed by atoms with E-state index in [1.165, 1.54) is 11.2 Å². The minimum Gasteiger partial charge on any atom is -0.379 e. The van der Waals surface area contributed by atoms with Crippen LogP contribution >= 0.6 is 0 Å². The summed E-state index contributed by atoms with van der Waals surface area (Å²) >= 11 is 0. The third kappa shape index (κ3) is 3.81. The van der Waals surface area contributed by atoms with E-state index in [-0.39, 0.29) is 10.8 Å². The minimum absolute atomic E-state index is 0.0278. The Morgan fingerprint density at radius 3 is 2.33 bits per heavy atom. The quantitative estimate of drug-likeness (QED) is 0.820. The Morgan fingerprint density at radius 1 is 1.24 bits per heavy atom. The molecule has 0 radical (unpaired) electrons. The van der Waals surface area contributed by atoms with E-state index < -0.39 is 10.0 Å². The van der Waals surface area contributed by atoms with Gasteiger partial charge in [-0.1, -0.05) is 12.1 Å². The topological polar surface area (TPSA) is 66.9 Å². The van der Waals surface area contributed by atoms with E-state index in [0.717, 1.165) is 5.56 Å². The summed E-state index contributed by atoms with van der Waals surface area (Å²) in [6.45, 7) is 3.60. The van der Waals surface area contributed by atoms with Crippen LogP contribution in [0.15, 0.2) is 29.2 Å². The summed E-state index contributed by atoms with van der Waals surface area (Å²) in [7, 11) is -1.74. The molecular formula is C14H20N2O4S. The summed E-state index contributed by atoms with van der Waals surface area (Å²) in [4.78, 5) is 13.0. The Kier molecular flexibility index (Phi) is 4.97.